The molecule has 3 nitrogen and oxygen atoms in total. The molecule has 90 valence electrons. The van der Waals surface area contributed by atoms with Gasteiger partial charge in [0.05, 0.1) is 11.3 Å². The molecule has 0 spiro atoms. The van der Waals surface area contributed by atoms with Gasteiger partial charge in [-0.1, -0.05) is 12.8 Å². The Morgan fingerprint density at radius 1 is 1.41 bits per heavy atom. The van der Waals surface area contributed by atoms with E-state index < -0.39 is 0 Å². The second-order valence-electron chi connectivity index (χ2n) is 4.89. The van der Waals surface area contributed by atoms with E-state index in [0.717, 1.165) is 11.6 Å². The number of hydrogen-bond acceptors (Lipinski definition) is 3. The third kappa shape index (κ3) is 2.71. The standard InChI is InChI=1S/C14H19N3/c1-10(11-4-2-3-5-11)17-13-7-6-12(9-15)14(16)8-13/h6-8,10-11,17H,2-5,16H2,1H3. The number of hydrogen-bond donors (Lipinski definition) is 2. The lowest BCUT2D eigenvalue weighted by Crippen LogP contribution is -2.23. The van der Waals surface area contributed by atoms with Crippen LogP contribution in [0, 0.1) is 17.2 Å². The molecule has 2 rings (SSSR count). The minimum absolute atomic E-state index is 0.477. The summed E-state index contributed by atoms with van der Waals surface area (Å²) < 4.78 is 0. The number of nitrogens with one attached hydrogen (secondary N) is 1. The lowest BCUT2D eigenvalue weighted by atomic mass is 9.99. The number of nitriles is 1. The number of rotatable bonds is 3. The molecule has 3 heteroatoms. The monoisotopic (exact) mass is 229 g/mol. The molecule has 1 saturated carbocycles. The first-order valence-electron chi connectivity index (χ1n) is 6.27. The first-order chi connectivity index (χ1) is 8.20. The van der Waals surface area contributed by atoms with Crippen molar-refractivity contribution >= 4 is 11.4 Å². The van der Waals surface area contributed by atoms with Gasteiger partial charge in [0.2, 0.25) is 0 Å². The van der Waals surface area contributed by atoms with Crippen LogP contribution in [0.4, 0.5) is 11.4 Å². The third-order valence-electron chi connectivity index (χ3n) is 3.67. The molecular weight excluding hydrogens is 210 g/mol. The van der Waals surface area contributed by atoms with Crippen LogP contribution in [0.25, 0.3) is 0 Å². The van der Waals surface area contributed by atoms with Crippen LogP contribution >= 0.6 is 0 Å². The highest BCUT2D eigenvalue weighted by Gasteiger charge is 2.21. The van der Waals surface area contributed by atoms with Crippen molar-refractivity contribution in [3.05, 3.63) is 23.8 Å². The maximum absolute atomic E-state index is 8.81. The highest BCUT2D eigenvalue weighted by atomic mass is 14.9. The van der Waals surface area contributed by atoms with Crippen LogP contribution < -0.4 is 11.1 Å². The van der Waals surface area contributed by atoms with Crippen molar-refractivity contribution in [1.29, 1.82) is 5.26 Å². The number of nitrogens with zero attached hydrogens (tertiary/aromatic N) is 1. The predicted octanol–water partition coefficient (Wildman–Crippen LogP) is 3.13. The molecule has 0 amide bonds. The van der Waals surface area contributed by atoms with E-state index >= 15 is 0 Å². The van der Waals surface area contributed by atoms with Crippen molar-refractivity contribution in [2.24, 2.45) is 5.92 Å². The van der Waals surface area contributed by atoms with E-state index in [4.69, 9.17) is 11.0 Å². The molecule has 1 aromatic carbocycles. The van der Waals surface area contributed by atoms with Crippen LogP contribution in [0.1, 0.15) is 38.2 Å². The van der Waals surface area contributed by atoms with E-state index in [1.54, 1.807) is 6.07 Å². The Hall–Kier alpha value is -1.69. The number of benzene rings is 1. The van der Waals surface area contributed by atoms with Crippen molar-refractivity contribution in [3.63, 3.8) is 0 Å². The minimum Gasteiger partial charge on any atom is -0.398 e. The summed E-state index contributed by atoms with van der Waals surface area (Å²) in [6.07, 6.45) is 5.35. The van der Waals surface area contributed by atoms with E-state index in [0.29, 0.717) is 17.3 Å². The summed E-state index contributed by atoms with van der Waals surface area (Å²) >= 11 is 0. The van der Waals surface area contributed by atoms with E-state index in [1.165, 1.54) is 25.7 Å². The Morgan fingerprint density at radius 3 is 2.71 bits per heavy atom. The Kier molecular flexibility index (Phi) is 3.53. The van der Waals surface area contributed by atoms with Crippen LogP contribution in [-0.2, 0) is 0 Å². The van der Waals surface area contributed by atoms with Crippen LogP contribution in [-0.4, -0.2) is 6.04 Å². The first-order valence-corrected chi connectivity index (χ1v) is 6.27. The average molecular weight is 229 g/mol. The van der Waals surface area contributed by atoms with Crippen molar-refractivity contribution in [1.82, 2.24) is 0 Å². The molecule has 0 radical (unpaired) electrons. The molecule has 1 fully saturated rings. The zero-order valence-corrected chi connectivity index (χ0v) is 10.2. The van der Waals surface area contributed by atoms with Gasteiger partial charge in [-0.15, -0.1) is 0 Å². The van der Waals surface area contributed by atoms with Gasteiger partial charge in [-0.2, -0.15) is 5.26 Å². The molecule has 0 heterocycles. The highest BCUT2D eigenvalue weighted by molar-refractivity contribution is 5.62. The minimum atomic E-state index is 0.477. The van der Waals surface area contributed by atoms with E-state index in [9.17, 15) is 0 Å². The number of nitrogens with two attached hydrogens (primary N) is 1. The zero-order chi connectivity index (χ0) is 12.3. The first kappa shape index (κ1) is 11.8. The largest absolute Gasteiger partial charge is 0.398 e. The Labute approximate surface area is 103 Å². The summed E-state index contributed by atoms with van der Waals surface area (Å²) in [5.41, 5.74) is 7.91. The number of nitrogen functional groups attached to an aromatic ring is 1. The average Bonchev–Trinajstić information content (AvgIpc) is 2.82. The van der Waals surface area contributed by atoms with Crippen LogP contribution in [0.2, 0.25) is 0 Å². The topological polar surface area (TPSA) is 61.8 Å². The quantitative estimate of drug-likeness (QED) is 0.783. The maximum atomic E-state index is 8.81. The van der Waals surface area contributed by atoms with Gasteiger partial charge < -0.3 is 11.1 Å². The molecule has 0 bridgehead atoms. The van der Waals surface area contributed by atoms with Gasteiger partial charge in [0.25, 0.3) is 0 Å². The third-order valence-corrected chi connectivity index (χ3v) is 3.67. The van der Waals surface area contributed by atoms with Gasteiger partial charge in [-0.05, 0) is 43.9 Å². The molecule has 0 aromatic heterocycles. The van der Waals surface area contributed by atoms with Gasteiger partial charge in [0.15, 0.2) is 0 Å². The normalized spacial score (nSPS) is 17.6. The Balaban J connectivity index is 2.03. The second-order valence-corrected chi connectivity index (χ2v) is 4.89. The Morgan fingerprint density at radius 2 is 2.12 bits per heavy atom. The maximum Gasteiger partial charge on any atom is 0.101 e. The van der Waals surface area contributed by atoms with Gasteiger partial charge >= 0.3 is 0 Å². The van der Waals surface area contributed by atoms with Gasteiger partial charge in [-0.25, -0.2) is 0 Å². The molecule has 3 N–H and O–H groups in total. The molecule has 1 unspecified atom stereocenters. The van der Waals surface area contributed by atoms with Crippen molar-refractivity contribution in [3.8, 4) is 6.07 Å². The summed E-state index contributed by atoms with van der Waals surface area (Å²) in [4.78, 5) is 0. The summed E-state index contributed by atoms with van der Waals surface area (Å²) in [7, 11) is 0. The molecule has 0 saturated heterocycles. The van der Waals surface area contributed by atoms with Crippen LogP contribution in [0.3, 0.4) is 0 Å². The SMILES string of the molecule is CC(Nc1ccc(C#N)c(N)c1)C1CCCC1. The smallest absolute Gasteiger partial charge is 0.101 e. The van der Waals surface area contributed by atoms with Crippen LogP contribution in [0.15, 0.2) is 18.2 Å². The van der Waals surface area contributed by atoms with E-state index in [-0.39, 0.29) is 0 Å². The number of anilines is 2. The van der Waals surface area contributed by atoms with Gasteiger partial charge in [-0.3, -0.25) is 0 Å². The predicted molar refractivity (Wildman–Crippen MR) is 70.6 cm³/mol. The highest BCUT2D eigenvalue weighted by Crippen LogP contribution is 2.29. The van der Waals surface area contributed by atoms with Gasteiger partial charge in [0.1, 0.15) is 6.07 Å². The molecule has 1 aromatic rings. The fourth-order valence-electron chi connectivity index (χ4n) is 2.59. The Bertz CT molecular complexity index is 428. The fourth-order valence-corrected chi connectivity index (χ4v) is 2.59. The van der Waals surface area contributed by atoms with Gasteiger partial charge in [0, 0.05) is 11.7 Å². The van der Waals surface area contributed by atoms with Crippen molar-refractivity contribution in [2.45, 2.75) is 38.6 Å². The summed E-state index contributed by atoms with van der Waals surface area (Å²) in [6.45, 7) is 2.23. The molecule has 17 heavy (non-hydrogen) atoms. The van der Waals surface area contributed by atoms with E-state index in [1.807, 2.05) is 12.1 Å². The van der Waals surface area contributed by atoms with E-state index in [2.05, 4.69) is 18.3 Å². The fraction of sp³-hybridized carbons (Fsp3) is 0.500. The molecule has 1 atom stereocenters. The summed E-state index contributed by atoms with van der Waals surface area (Å²) in [5.74, 6) is 0.770. The molecule has 0 aliphatic heterocycles. The molecular formula is C14H19N3. The molecule has 1 aliphatic rings. The second kappa shape index (κ2) is 5.09. The van der Waals surface area contributed by atoms with Crippen LogP contribution in [0.5, 0.6) is 0 Å². The van der Waals surface area contributed by atoms with Crippen molar-refractivity contribution < 1.29 is 0 Å². The lowest BCUT2D eigenvalue weighted by molar-refractivity contribution is 0.482. The zero-order valence-electron chi connectivity index (χ0n) is 10.2. The summed E-state index contributed by atoms with van der Waals surface area (Å²) in [5, 5.41) is 12.3. The van der Waals surface area contributed by atoms with Crippen molar-refractivity contribution in [2.75, 3.05) is 11.1 Å². The summed E-state index contributed by atoms with van der Waals surface area (Å²) in [6, 6.07) is 8.11. The molecule has 1 aliphatic carbocycles. The lowest BCUT2D eigenvalue weighted by Gasteiger charge is -2.21.